The van der Waals surface area contributed by atoms with Crippen molar-refractivity contribution in [2.24, 2.45) is 5.73 Å². The molecule has 0 spiro atoms. The molecule has 7 rings (SSSR count). The first kappa shape index (κ1) is 44.1. The van der Waals surface area contributed by atoms with Gasteiger partial charge in [-0.05, 0) is 113 Å². The van der Waals surface area contributed by atoms with Crippen molar-refractivity contribution in [3.05, 3.63) is 217 Å². The van der Waals surface area contributed by atoms with Crippen molar-refractivity contribution in [3.8, 4) is 33.7 Å². The van der Waals surface area contributed by atoms with Crippen LogP contribution in [-0.4, -0.2) is 18.2 Å². The van der Waals surface area contributed by atoms with Gasteiger partial charge in [0.05, 0.1) is 11.2 Å². The van der Waals surface area contributed by atoms with E-state index in [0.29, 0.717) is 6.54 Å². The van der Waals surface area contributed by atoms with Crippen LogP contribution in [0.1, 0.15) is 50.9 Å². The van der Waals surface area contributed by atoms with Crippen LogP contribution in [0, 0.1) is 6.92 Å². The Morgan fingerprint density at radius 2 is 1.40 bits per heavy atom. The van der Waals surface area contributed by atoms with Gasteiger partial charge in [-0.25, -0.2) is 0 Å². The number of hydrogen-bond acceptors (Lipinski definition) is 3. The van der Waals surface area contributed by atoms with Gasteiger partial charge in [0, 0.05) is 30.9 Å². The van der Waals surface area contributed by atoms with Gasteiger partial charge in [-0.15, -0.1) is 6.58 Å². The maximum Gasteiger partial charge on any atom is 0.160 e. The lowest BCUT2D eigenvalue weighted by Gasteiger charge is -2.13. The Morgan fingerprint density at radius 1 is 0.776 bits per heavy atom. The Labute approximate surface area is 347 Å². The lowest BCUT2D eigenvalue weighted by molar-refractivity contribution is 0.447. The molecule has 296 valence electrons. The number of nitrogens with two attached hydrogens (primary N) is 1. The molecule has 0 aliphatic carbocycles. The number of hydrogen-bond donors (Lipinski definition) is 2. The Hall–Kier alpha value is -6.62. The van der Waals surface area contributed by atoms with E-state index < -0.39 is 0 Å². The molecule has 0 radical (unpaired) electrons. The topological polar surface area (TPSA) is 52.2 Å². The monoisotopic (exact) mass is 765 g/mol. The molecule has 0 saturated carbocycles. The minimum Gasteiger partial charge on any atom is -0.454 e. The molecular weight excluding hydrogens is 707 g/mol. The molecule has 0 unspecified atom stereocenters. The van der Waals surface area contributed by atoms with Gasteiger partial charge in [0.2, 0.25) is 0 Å². The van der Waals surface area contributed by atoms with Gasteiger partial charge in [0.25, 0.3) is 0 Å². The molecule has 1 aliphatic heterocycles. The van der Waals surface area contributed by atoms with Crippen LogP contribution in [0.4, 0.5) is 0 Å². The van der Waals surface area contributed by atoms with Gasteiger partial charge >= 0.3 is 0 Å². The molecule has 1 aliphatic rings. The number of rotatable bonds is 9. The average molecular weight is 766 g/mol. The van der Waals surface area contributed by atoms with E-state index in [-0.39, 0.29) is 0 Å². The number of aromatic nitrogens is 1. The smallest absolute Gasteiger partial charge is 0.160 e. The Bertz CT molecular complexity index is 2370. The zero-order chi connectivity index (χ0) is 41.7. The molecule has 4 heteroatoms. The van der Waals surface area contributed by atoms with E-state index in [4.69, 9.17) is 10.5 Å². The van der Waals surface area contributed by atoms with Gasteiger partial charge in [0.1, 0.15) is 5.76 Å². The van der Waals surface area contributed by atoms with Crippen LogP contribution in [0.5, 0.6) is 5.75 Å². The van der Waals surface area contributed by atoms with Crippen LogP contribution in [0.3, 0.4) is 0 Å². The van der Waals surface area contributed by atoms with E-state index in [0.717, 1.165) is 56.9 Å². The minimum atomic E-state index is 0.511. The fourth-order valence-electron chi connectivity index (χ4n) is 6.23. The molecule has 0 bridgehead atoms. The summed E-state index contributed by atoms with van der Waals surface area (Å²) < 4.78 is 8.67. The Morgan fingerprint density at radius 3 is 2.02 bits per heavy atom. The fourth-order valence-corrected chi connectivity index (χ4v) is 6.23. The van der Waals surface area contributed by atoms with Crippen molar-refractivity contribution in [2.45, 2.75) is 41.0 Å². The molecule has 1 aromatic heterocycles. The van der Waals surface area contributed by atoms with E-state index in [1.165, 1.54) is 27.8 Å². The summed E-state index contributed by atoms with van der Waals surface area (Å²) in [6, 6.07) is 44.5. The maximum absolute atomic E-state index is 6.42. The predicted octanol–water partition coefficient (Wildman–Crippen LogP) is 14.1. The van der Waals surface area contributed by atoms with Gasteiger partial charge in [-0.3, -0.25) is 0 Å². The highest BCUT2D eigenvalue weighted by molar-refractivity contribution is 5.94. The third kappa shape index (κ3) is 11.9. The number of para-hydroxylation sites is 1. The first-order valence-corrected chi connectivity index (χ1v) is 20.1. The largest absolute Gasteiger partial charge is 0.454 e. The quantitative estimate of drug-likeness (QED) is 0.114. The standard InChI is InChI=1S/C26H23NO.C22H22N2.C4H8.C2H6/c1-4-5-7-12-22-17-19(2)14-16-24-26(28-22)23-15-13-20(3)18-25(23)27(24)21-10-8-6-9-11-21;1-24-16-22(15-23)21-9-5-8-20(14-21)19-12-10-18(11-13-19)17-6-3-2-4-7-17;1-3-4-2;1-2/h4-18H,2H2,1,3H3;2-14,16,24H,15,23H2,1H3;3H,1,4H2,2H3;1-2H3/b5-4-,12-7-,16-14-,22-17-;22-16+;;. The summed E-state index contributed by atoms with van der Waals surface area (Å²) in [7, 11) is 1.89. The highest BCUT2D eigenvalue weighted by Gasteiger charge is 2.20. The van der Waals surface area contributed by atoms with Crippen molar-refractivity contribution >= 4 is 22.6 Å². The fraction of sp³-hybridized carbons (Fsp3) is 0.148. The van der Waals surface area contributed by atoms with Crippen molar-refractivity contribution in [2.75, 3.05) is 13.6 Å². The molecule has 0 saturated heterocycles. The second-order valence-electron chi connectivity index (χ2n) is 13.2. The van der Waals surface area contributed by atoms with Crippen molar-refractivity contribution in [1.29, 1.82) is 0 Å². The van der Waals surface area contributed by atoms with Crippen LogP contribution >= 0.6 is 0 Å². The highest BCUT2D eigenvalue weighted by atomic mass is 16.5. The number of benzene rings is 5. The van der Waals surface area contributed by atoms with Crippen LogP contribution in [0.2, 0.25) is 0 Å². The molecule has 4 nitrogen and oxygen atoms in total. The average Bonchev–Trinajstić information content (AvgIpc) is 3.56. The molecule has 3 N–H and O–H groups in total. The van der Waals surface area contributed by atoms with Crippen molar-refractivity contribution in [3.63, 3.8) is 0 Å². The summed E-state index contributed by atoms with van der Waals surface area (Å²) >= 11 is 0. The van der Waals surface area contributed by atoms with E-state index in [2.05, 4.69) is 158 Å². The zero-order valence-corrected chi connectivity index (χ0v) is 35.1. The van der Waals surface area contributed by atoms with E-state index in [1.807, 2.05) is 88.7 Å². The second kappa shape index (κ2) is 23.4. The number of aryl methyl sites for hydroxylation is 1. The van der Waals surface area contributed by atoms with E-state index in [1.54, 1.807) is 0 Å². The lowest BCUT2D eigenvalue weighted by Crippen LogP contribution is -2.06. The van der Waals surface area contributed by atoms with E-state index >= 15 is 0 Å². The minimum absolute atomic E-state index is 0.511. The lowest BCUT2D eigenvalue weighted by atomic mass is 9.97. The van der Waals surface area contributed by atoms with Crippen LogP contribution in [0.15, 0.2) is 201 Å². The first-order chi connectivity index (χ1) is 28.4. The molecule has 58 heavy (non-hydrogen) atoms. The summed E-state index contributed by atoms with van der Waals surface area (Å²) in [4.78, 5) is 0. The molecule has 0 atom stereocenters. The number of nitrogens with zero attached hydrogens (tertiary/aromatic N) is 1. The third-order valence-electron chi connectivity index (χ3n) is 9.08. The maximum atomic E-state index is 6.42. The number of ether oxygens (including phenoxy) is 1. The molecule has 2 heterocycles. The van der Waals surface area contributed by atoms with Gasteiger partial charge in [-0.1, -0.05) is 155 Å². The molecule has 0 fully saturated rings. The zero-order valence-electron chi connectivity index (χ0n) is 35.1. The van der Waals surface area contributed by atoms with Crippen LogP contribution in [0.25, 0.3) is 50.5 Å². The Kier molecular flexibility index (Phi) is 17.8. The van der Waals surface area contributed by atoms with E-state index in [9.17, 15) is 0 Å². The first-order valence-electron chi connectivity index (χ1n) is 20.1. The van der Waals surface area contributed by atoms with Crippen LogP contribution in [-0.2, 0) is 0 Å². The van der Waals surface area contributed by atoms with Crippen molar-refractivity contribution in [1.82, 2.24) is 9.88 Å². The van der Waals surface area contributed by atoms with Crippen LogP contribution < -0.4 is 15.8 Å². The molecular formula is C54H59N3O. The number of nitrogens with one attached hydrogen (secondary N) is 1. The Balaban J connectivity index is 0.000000228. The molecule has 6 aromatic rings. The normalized spacial score (nSPS) is 13.5. The van der Waals surface area contributed by atoms with Gasteiger partial charge in [-0.2, -0.15) is 0 Å². The predicted molar refractivity (Wildman–Crippen MR) is 254 cm³/mol. The molecule has 0 amide bonds. The number of allylic oxidation sites excluding steroid dienone is 8. The summed E-state index contributed by atoms with van der Waals surface area (Å²) in [5.74, 6) is 1.63. The highest BCUT2D eigenvalue weighted by Crippen LogP contribution is 2.39. The van der Waals surface area contributed by atoms with Crippen molar-refractivity contribution < 1.29 is 4.74 Å². The van der Waals surface area contributed by atoms with Gasteiger partial charge in [0.15, 0.2) is 5.75 Å². The second-order valence-corrected chi connectivity index (χ2v) is 13.2. The summed E-state index contributed by atoms with van der Waals surface area (Å²) in [6.07, 6.45) is 18.9. The SMILES string of the molecule is C=C1/C=C\c2c(c3ccc(C)cc3n2-c2ccccc2)OC(/C=C\C=C/C)=C\1.C=CCC.CC.CN/C=C(\CN)c1cccc(-c2ccc(-c3ccccc3)cc2)c1. The summed E-state index contributed by atoms with van der Waals surface area (Å²) in [5.41, 5.74) is 18.3. The summed E-state index contributed by atoms with van der Waals surface area (Å²) in [5, 5.41) is 4.15. The summed E-state index contributed by atoms with van der Waals surface area (Å²) in [6.45, 7) is 18.3. The molecule has 5 aromatic carbocycles. The van der Waals surface area contributed by atoms with Gasteiger partial charge < -0.3 is 20.4 Å². The number of fused-ring (bicyclic) bond motifs is 3. The third-order valence-corrected chi connectivity index (χ3v) is 9.08.